The van der Waals surface area contributed by atoms with E-state index in [2.05, 4.69) is 0 Å². The van der Waals surface area contributed by atoms with E-state index in [1.165, 1.54) is 0 Å². The molecule has 3 rings (SSSR count). The molecule has 1 aliphatic heterocycles. The zero-order valence-electron chi connectivity index (χ0n) is 12.7. The Balaban J connectivity index is 1.71. The molecule has 1 unspecified atom stereocenters. The monoisotopic (exact) mass is 298 g/mol. The van der Waals surface area contributed by atoms with Crippen LogP contribution in [0.15, 0.2) is 42.6 Å². The van der Waals surface area contributed by atoms with Gasteiger partial charge in [-0.2, -0.15) is 0 Å². The Bertz CT molecular complexity index is 720. The summed E-state index contributed by atoms with van der Waals surface area (Å²) >= 11 is 0. The van der Waals surface area contributed by atoms with Crippen molar-refractivity contribution in [2.75, 3.05) is 11.4 Å². The fourth-order valence-electron chi connectivity index (χ4n) is 2.73. The summed E-state index contributed by atoms with van der Waals surface area (Å²) in [5, 5.41) is 0. The van der Waals surface area contributed by atoms with Crippen molar-refractivity contribution in [3.63, 3.8) is 0 Å². The molecular weight excluding hydrogens is 280 g/mol. The number of hydrogen-bond acceptors (Lipinski definition) is 3. The molecule has 2 aromatic rings. The van der Waals surface area contributed by atoms with Crippen LogP contribution in [0, 0.1) is 0 Å². The highest BCUT2D eigenvalue weighted by molar-refractivity contribution is 6.00. The topological polar surface area (TPSA) is 51.5 Å². The van der Waals surface area contributed by atoms with Gasteiger partial charge in [-0.15, -0.1) is 0 Å². The van der Waals surface area contributed by atoms with E-state index < -0.39 is 12.1 Å². The molecule has 1 aromatic carbocycles. The first kappa shape index (κ1) is 14.4. The Kier molecular flexibility index (Phi) is 3.71. The summed E-state index contributed by atoms with van der Waals surface area (Å²) in [4.78, 5) is 26.3. The molecule has 0 saturated carbocycles. The number of hydrogen-bond donors (Lipinski definition) is 0. The second-order valence-corrected chi connectivity index (χ2v) is 5.42. The van der Waals surface area contributed by atoms with Gasteiger partial charge in [0.25, 0.3) is 5.91 Å². The number of fused-ring (bicyclic) bond motifs is 1. The lowest BCUT2D eigenvalue weighted by Gasteiger charge is -2.21. The molecule has 1 aliphatic rings. The van der Waals surface area contributed by atoms with E-state index in [-0.39, 0.29) is 5.91 Å². The number of nitrogens with zero attached hydrogens (tertiary/aromatic N) is 2. The number of aryl methyl sites for hydroxylation is 1. The average molecular weight is 298 g/mol. The molecule has 114 valence electrons. The summed E-state index contributed by atoms with van der Waals surface area (Å²) in [6, 6.07) is 11.2. The molecule has 0 saturated heterocycles. The molecule has 0 bridgehead atoms. The average Bonchev–Trinajstić information content (AvgIpc) is 3.12. The number of carbonyl (C=O) groups excluding carboxylic acids is 2. The first-order valence-corrected chi connectivity index (χ1v) is 7.29. The number of esters is 1. The number of rotatable bonds is 3. The molecule has 0 aliphatic carbocycles. The molecule has 22 heavy (non-hydrogen) atoms. The minimum absolute atomic E-state index is 0.187. The standard InChI is InChI=1S/C17H18N2O3/c1-12(22-17(21)15-8-5-10-18(15)2)16(20)19-11-9-13-6-3-4-7-14(13)19/h3-8,10,12H,9,11H2,1-2H3. The van der Waals surface area contributed by atoms with Crippen molar-refractivity contribution in [1.82, 2.24) is 4.57 Å². The largest absolute Gasteiger partial charge is 0.448 e. The maximum Gasteiger partial charge on any atom is 0.355 e. The third-order valence-electron chi connectivity index (χ3n) is 3.94. The minimum atomic E-state index is -0.812. The van der Waals surface area contributed by atoms with Gasteiger partial charge in [-0.25, -0.2) is 4.79 Å². The number of aromatic nitrogens is 1. The number of anilines is 1. The highest BCUT2D eigenvalue weighted by atomic mass is 16.5. The van der Waals surface area contributed by atoms with Crippen molar-refractivity contribution < 1.29 is 14.3 Å². The van der Waals surface area contributed by atoms with E-state index in [1.54, 1.807) is 41.8 Å². The lowest BCUT2D eigenvalue weighted by Crippen LogP contribution is -2.39. The summed E-state index contributed by atoms with van der Waals surface area (Å²) in [6.45, 7) is 2.24. The van der Waals surface area contributed by atoms with Crippen molar-refractivity contribution in [1.29, 1.82) is 0 Å². The van der Waals surface area contributed by atoms with E-state index >= 15 is 0 Å². The number of amides is 1. The zero-order chi connectivity index (χ0) is 15.7. The van der Waals surface area contributed by atoms with E-state index in [9.17, 15) is 9.59 Å². The summed E-state index contributed by atoms with van der Waals surface area (Å²) in [5.41, 5.74) is 2.49. The molecule has 1 amide bonds. The Morgan fingerprint density at radius 1 is 1.18 bits per heavy atom. The van der Waals surface area contributed by atoms with E-state index in [0.29, 0.717) is 12.2 Å². The minimum Gasteiger partial charge on any atom is -0.448 e. The lowest BCUT2D eigenvalue weighted by atomic mass is 10.2. The first-order valence-electron chi connectivity index (χ1n) is 7.29. The molecule has 0 radical (unpaired) electrons. The maximum absolute atomic E-state index is 12.5. The highest BCUT2D eigenvalue weighted by Gasteiger charge is 2.30. The van der Waals surface area contributed by atoms with Crippen LogP contribution in [0.2, 0.25) is 0 Å². The maximum atomic E-state index is 12.5. The predicted octanol–water partition coefficient (Wildman–Crippen LogP) is 2.16. The number of carbonyl (C=O) groups is 2. The van der Waals surface area contributed by atoms with Crippen LogP contribution < -0.4 is 4.90 Å². The molecule has 1 aromatic heterocycles. The van der Waals surface area contributed by atoms with E-state index in [1.807, 2.05) is 24.3 Å². The molecule has 0 N–H and O–H groups in total. The van der Waals surface area contributed by atoms with Crippen LogP contribution in [0.5, 0.6) is 0 Å². The summed E-state index contributed by atoms with van der Waals surface area (Å²) < 4.78 is 6.99. The molecule has 0 spiro atoms. The Labute approximate surface area is 129 Å². The van der Waals surface area contributed by atoms with E-state index in [4.69, 9.17) is 4.74 Å². The third kappa shape index (κ3) is 2.50. The summed E-state index contributed by atoms with van der Waals surface area (Å²) in [7, 11) is 1.76. The fourth-order valence-corrected chi connectivity index (χ4v) is 2.73. The van der Waals surface area contributed by atoms with Crippen molar-refractivity contribution in [3.05, 3.63) is 53.9 Å². The zero-order valence-corrected chi connectivity index (χ0v) is 12.7. The van der Waals surface area contributed by atoms with Crippen molar-refractivity contribution in [2.45, 2.75) is 19.4 Å². The Morgan fingerprint density at radius 2 is 1.95 bits per heavy atom. The van der Waals surface area contributed by atoms with Crippen LogP contribution in [0.1, 0.15) is 23.0 Å². The number of benzene rings is 1. The second kappa shape index (κ2) is 5.67. The van der Waals surface area contributed by atoms with Gasteiger partial charge in [-0.1, -0.05) is 18.2 Å². The Morgan fingerprint density at radius 3 is 2.68 bits per heavy atom. The first-order chi connectivity index (χ1) is 10.6. The summed E-state index contributed by atoms with van der Waals surface area (Å²) in [5.74, 6) is -0.673. The second-order valence-electron chi connectivity index (χ2n) is 5.42. The fraction of sp³-hybridized carbons (Fsp3) is 0.294. The number of para-hydroxylation sites is 1. The third-order valence-corrected chi connectivity index (χ3v) is 3.94. The molecule has 5 heteroatoms. The van der Waals surface area contributed by atoms with Crippen LogP contribution >= 0.6 is 0 Å². The summed E-state index contributed by atoms with van der Waals surface area (Å²) in [6.07, 6.45) is 1.79. The van der Waals surface area contributed by atoms with Gasteiger partial charge in [-0.3, -0.25) is 4.79 Å². The quantitative estimate of drug-likeness (QED) is 0.816. The SMILES string of the molecule is CC(OC(=O)c1cccn1C)C(=O)N1CCc2ccccc21. The molecular formula is C17H18N2O3. The molecule has 1 atom stereocenters. The van der Waals surface area contributed by atoms with Gasteiger partial charge in [0, 0.05) is 25.5 Å². The van der Waals surface area contributed by atoms with Crippen LogP contribution in [-0.2, 0) is 23.0 Å². The molecule has 2 heterocycles. The van der Waals surface area contributed by atoms with Crippen LogP contribution in [0.25, 0.3) is 0 Å². The van der Waals surface area contributed by atoms with Gasteiger partial charge in [0.2, 0.25) is 0 Å². The van der Waals surface area contributed by atoms with Gasteiger partial charge >= 0.3 is 5.97 Å². The van der Waals surface area contributed by atoms with Crippen LogP contribution in [-0.4, -0.2) is 29.1 Å². The van der Waals surface area contributed by atoms with Crippen molar-refractivity contribution >= 4 is 17.6 Å². The smallest absolute Gasteiger partial charge is 0.355 e. The van der Waals surface area contributed by atoms with Crippen LogP contribution in [0.3, 0.4) is 0 Å². The van der Waals surface area contributed by atoms with Crippen molar-refractivity contribution in [2.24, 2.45) is 7.05 Å². The van der Waals surface area contributed by atoms with Gasteiger partial charge in [-0.05, 0) is 37.1 Å². The normalized spacial score (nSPS) is 14.5. The lowest BCUT2D eigenvalue weighted by molar-refractivity contribution is -0.126. The van der Waals surface area contributed by atoms with Gasteiger partial charge in [0.1, 0.15) is 5.69 Å². The predicted molar refractivity (Wildman–Crippen MR) is 82.8 cm³/mol. The van der Waals surface area contributed by atoms with Gasteiger partial charge in [0.15, 0.2) is 6.10 Å². The van der Waals surface area contributed by atoms with E-state index in [0.717, 1.165) is 17.7 Å². The number of ether oxygens (including phenoxy) is 1. The Hall–Kier alpha value is -2.56. The van der Waals surface area contributed by atoms with Crippen LogP contribution in [0.4, 0.5) is 5.69 Å². The molecule has 5 nitrogen and oxygen atoms in total. The van der Waals surface area contributed by atoms with Gasteiger partial charge in [0.05, 0.1) is 0 Å². The highest BCUT2D eigenvalue weighted by Crippen LogP contribution is 2.28. The van der Waals surface area contributed by atoms with Gasteiger partial charge < -0.3 is 14.2 Å². The van der Waals surface area contributed by atoms with Crippen molar-refractivity contribution in [3.8, 4) is 0 Å². The molecule has 0 fully saturated rings.